The maximum Gasteiger partial charge on any atom is 0.306 e. The molecule has 7 nitrogen and oxygen atoms in total. The van der Waals surface area contributed by atoms with Gasteiger partial charge in [-0.05, 0) is 42.0 Å². The van der Waals surface area contributed by atoms with E-state index in [4.69, 9.17) is 13.9 Å². The molecule has 0 radical (unpaired) electrons. The monoisotopic (exact) mass is 460 g/mol. The minimum atomic E-state index is -0.900. The molecule has 3 aromatic rings. The van der Waals surface area contributed by atoms with Gasteiger partial charge in [-0.3, -0.25) is 9.59 Å². The van der Waals surface area contributed by atoms with Crippen molar-refractivity contribution < 1.29 is 33.3 Å². The molecular weight excluding hydrogens is 439 g/mol. The zero-order valence-corrected chi connectivity index (χ0v) is 18.1. The van der Waals surface area contributed by atoms with Crippen LogP contribution >= 0.6 is 11.8 Å². The number of hydrogen-bond donors (Lipinski definition) is 2. The van der Waals surface area contributed by atoms with Crippen molar-refractivity contribution in [2.24, 2.45) is 0 Å². The molecular formula is C23H21FO7S. The Morgan fingerprint density at radius 1 is 1.12 bits per heavy atom. The van der Waals surface area contributed by atoms with E-state index in [1.165, 1.54) is 50.2 Å². The number of rotatable bonds is 8. The smallest absolute Gasteiger partial charge is 0.306 e. The van der Waals surface area contributed by atoms with Gasteiger partial charge in [0.1, 0.15) is 11.6 Å². The van der Waals surface area contributed by atoms with Crippen LogP contribution in [-0.2, 0) is 15.3 Å². The number of phenolic OH excluding ortho intramolecular Hbond substituents is 1. The number of methoxy groups -OCH3 is 2. The van der Waals surface area contributed by atoms with Crippen molar-refractivity contribution in [3.05, 3.63) is 81.7 Å². The molecule has 168 valence electrons. The second-order valence-corrected chi connectivity index (χ2v) is 7.85. The van der Waals surface area contributed by atoms with Gasteiger partial charge in [0.05, 0.1) is 32.3 Å². The molecule has 2 aromatic carbocycles. The molecule has 0 aliphatic carbocycles. The molecule has 0 saturated heterocycles. The van der Waals surface area contributed by atoms with E-state index in [0.29, 0.717) is 5.56 Å². The van der Waals surface area contributed by atoms with Gasteiger partial charge in [0.25, 0.3) is 0 Å². The molecule has 9 heteroatoms. The van der Waals surface area contributed by atoms with Crippen molar-refractivity contribution in [1.82, 2.24) is 0 Å². The molecule has 0 fully saturated rings. The number of hydrogen-bond acceptors (Lipinski definition) is 8. The molecule has 1 heterocycles. The molecule has 2 N–H and O–H groups in total. The number of aromatic hydroxyl groups is 2. The van der Waals surface area contributed by atoms with Crippen LogP contribution in [0.15, 0.2) is 62.6 Å². The van der Waals surface area contributed by atoms with Gasteiger partial charge < -0.3 is 24.1 Å². The minimum Gasteiger partial charge on any atom is -0.504 e. The first-order valence-electron chi connectivity index (χ1n) is 9.50. The van der Waals surface area contributed by atoms with Crippen molar-refractivity contribution in [1.29, 1.82) is 0 Å². The van der Waals surface area contributed by atoms with Crippen molar-refractivity contribution >= 4 is 17.7 Å². The summed E-state index contributed by atoms with van der Waals surface area (Å²) in [6, 6.07) is 11.5. The molecule has 0 aliphatic rings. The van der Waals surface area contributed by atoms with E-state index >= 15 is 0 Å². The fourth-order valence-corrected chi connectivity index (χ4v) is 3.86. The third-order valence-corrected chi connectivity index (χ3v) is 5.75. The maximum atomic E-state index is 13.1. The van der Waals surface area contributed by atoms with Crippen LogP contribution in [0.4, 0.5) is 4.39 Å². The number of esters is 1. The first-order valence-corrected chi connectivity index (χ1v) is 10.5. The van der Waals surface area contributed by atoms with Crippen molar-refractivity contribution in [2.45, 2.75) is 23.0 Å². The average Bonchev–Trinajstić information content (AvgIpc) is 2.79. The summed E-state index contributed by atoms with van der Waals surface area (Å²) >= 11 is 1.31. The summed E-state index contributed by atoms with van der Waals surface area (Å²) < 4.78 is 28.7. The fraction of sp³-hybridized carbons (Fsp3) is 0.217. The summed E-state index contributed by atoms with van der Waals surface area (Å²) in [5, 5.41) is 20.6. The van der Waals surface area contributed by atoms with Gasteiger partial charge in [0.15, 0.2) is 17.3 Å². The lowest BCUT2D eigenvalue weighted by Crippen LogP contribution is -2.14. The number of halogens is 1. The van der Waals surface area contributed by atoms with Gasteiger partial charge >= 0.3 is 5.97 Å². The minimum absolute atomic E-state index is 0.123. The van der Waals surface area contributed by atoms with E-state index in [9.17, 15) is 24.2 Å². The molecule has 0 bridgehead atoms. The molecule has 0 amide bonds. The van der Waals surface area contributed by atoms with Crippen molar-refractivity contribution in [3.63, 3.8) is 0 Å². The maximum absolute atomic E-state index is 13.1. The predicted molar refractivity (Wildman–Crippen MR) is 116 cm³/mol. The van der Waals surface area contributed by atoms with Crippen LogP contribution in [0.2, 0.25) is 0 Å². The lowest BCUT2D eigenvalue weighted by molar-refractivity contribution is -0.140. The van der Waals surface area contributed by atoms with Crippen LogP contribution in [0.3, 0.4) is 0 Å². The molecule has 0 spiro atoms. The summed E-state index contributed by atoms with van der Waals surface area (Å²) in [7, 11) is 2.62. The highest BCUT2D eigenvalue weighted by molar-refractivity contribution is 7.98. The van der Waals surface area contributed by atoms with Crippen molar-refractivity contribution in [2.75, 3.05) is 14.2 Å². The van der Waals surface area contributed by atoms with E-state index in [-0.39, 0.29) is 41.0 Å². The highest BCUT2D eigenvalue weighted by Gasteiger charge is 2.27. The molecule has 0 aliphatic heterocycles. The van der Waals surface area contributed by atoms with E-state index in [0.717, 1.165) is 11.0 Å². The van der Waals surface area contributed by atoms with Crippen LogP contribution in [0.25, 0.3) is 0 Å². The highest BCUT2D eigenvalue weighted by atomic mass is 32.2. The van der Waals surface area contributed by atoms with Gasteiger partial charge in [-0.15, -0.1) is 11.8 Å². The number of ether oxygens (including phenoxy) is 2. The van der Waals surface area contributed by atoms with Crippen molar-refractivity contribution in [3.8, 4) is 17.2 Å². The highest BCUT2D eigenvalue weighted by Crippen LogP contribution is 2.37. The summed E-state index contributed by atoms with van der Waals surface area (Å²) in [5.41, 5.74) is -0.260. The van der Waals surface area contributed by atoms with E-state index < -0.39 is 23.1 Å². The number of benzene rings is 2. The SMILES string of the molecule is COC(=O)C[C@@H](c1ccc(OC)c(O)c1)c1oc(CSc2ccc(F)cc2)cc(=O)c1O. The quantitative estimate of drug-likeness (QED) is 0.381. The lowest BCUT2D eigenvalue weighted by atomic mass is 9.92. The van der Waals surface area contributed by atoms with Crippen LogP contribution in [-0.4, -0.2) is 30.4 Å². The zero-order chi connectivity index (χ0) is 23.3. The van der Waals surface area contributed by atoms with Gasteiger partial charge in [-0.25, -0.2) is 4.39 Å². The third kappa shape index (κ3) is 5.42. The van der Waals surface area contributed by atoms with Crippen LogP contribution < -0.4 is 10.2 Å². The topological polar surface area (TPSA) is 106 Å². The normalized spacial score (nSPS) is 11.7. The molecule has 0 saturated carbocycles. The largest absolute Gasteiger partial charge is 0.504 e. The van der Waals surface area contributed by atoms with E-state index in [2.05, 4.69) is 0 Å². The molecule has 32 heavy (non-hydrogen) atoms. The Morgan fingerprint density at radius 3 is 2.47 bits per heavy atom. The lowest BCUT2D eigenvalue weighted by Gasteiger charge is -2.18. The number of phenols is 1. The predicted octanol–water partition coefficient (Wildman–Crippen LogP) is 4.19. The summed E-state index contributed by atoms with van der Waals surface area (Å²) in [4.78, 5) is 25.2. The summed E-state index contributed by atoms with van der Waals surface area (Å²) in [6.45, 7) is 0. The Balaban J connectivity index is 1.99. The fourth-order valence-electron chi connectivity index (χ4n) is 3.08. The Morgan fingerprint density at radius 2 is 1.84 bits per heavy atom. The standard InChI is InChI=1S/C23H21FO7S/c1-29-20-8-3-13(9-18(20)25)17(11-21(27)30-2)23-22(28)19(26)10-15(31-23)12-32-16-6-4-14(24)5-7-16/h3-10,17,25,28H,11-12H2,1-2H3/t17-/m0/s1. The molecule has 1 aromatic heterocycles. The van der Waals surface area contributed by atoms with Gasteiger partial charge in [0, 0.05) is 11.0 Å². The van der Waals surface area contributed by atoms with E-state index in [1.54, 1.807) is 18.2 Å². The van der Waals surface area contributed by atoms with Gasteiger partial charge in [-0.2, -0.15) is 0 Å². The molecule has 1 atom stereocenters. The Hall–Kier alpha value is -3.46. The molecule has 3 rings (SSSR count). The van der Waals surface area contributed by atoms with Crippen LogP contribution in [0, 0.1) is 5.82 Å². The Kier molecular flexibility index (Phi) is 7.42. The Labute approximate surface area is 187 Å². The molecule has 0 unspecified atom stereocenters. The summed E-state index contributed by atoms with van der Waals surface area (Å²) in [5.74, 6) is -2.09. The first-order chi connectivity index (χ1) is 15.3. The van der Waals surface area contributed by atoms with Crippen LogP contribution in [0.5, 0.6) is 17.2 Å². The summed E-state index contributed by atoms with van der Waals surface area (Å²) in [6.07, 6.45) is -0.243. The second kappa shape index (κ2) is 10.2. The van der Waals surface area contributed by atoms with E-state index in [1.807, 2.05) is 0 Å². The Bertz CT molecular complexity index is 1160. The third-order valence-electron chi connectivity index (χ3n) is 4.71. The second-order valence-electron chi connectivity index (χ2n) is 6.80. The number of carbonyl (C=O) groups excluding carboxylic acids is 1. The first kappa shape index (κ1) is 23.2. The van der Waals surface area contributed by atoms with Gasteiger partial charge in [-0.1, -0.05) is 6.07 Å². The number of carbonyl (C=O) groups is 1. The van der Waals surface area contributed by atoms with Crippen LogP contribution in [0.1, 0.15) is 29.4 Å². The number of thioether (sulfide) groups is 1. The zero-order valence-electron chi connectivity index (χ0n) is 17.3. The average molecular weight is 460 g/mol. The van der Waals surface area contributed by atoms with Gasteiger partial charge in [0.2, 0.25) is 11.2 Å².